The number of halogens is 2. The number of pyridine rings is 2. The van der Waals surface area contributed by atoms with Gasteiger partial charge in [0.1, 0.15) is 5.82 Å². The van der Waals surface area contributed by atoms with E-state index in [1.165, 1.54) is 5.56 Å². The third-order valence-electron chi connectivity index (χ3n) is 5.28. The number of aromatic nitrogens is 2. The molecule has 0 aromatic carbocycles. The van der Waals surface area contributed by atoms with Crippen LogP contribution in [-0.2, 0) is 0 Å². The second-order valence-corrected chi connectivity index (χ2v) is 8.15. The fourth-order valence-electron chi connectivity index (χ4n) is 3.68. The van der Waals surface area contributed by atoms with E-state index in [-0.39, 0.29) is 24.0 Å². The van der Waals surface area contributed by atoms with E-state index in [1.54, 1.807) is 6.20 Å². The molecule has 0 saturated carbocycles. The van der Waals surface area contributed by atoms with E-state index in [2.05, 4.69) is 52.3 Å². The Morgan fingerprint density at radius 1 is 1.30 bits per heavy atom. The predicted molar refractivity (Wildman–Crippen MR) is 136 cm³/mol. The van der Waals surface area contributed by atoms with E-state index in [4.69, 9.17) is 16.6 Å². The highest BCUT2D eigenvalue weighted by atomic mass is 127. The standard InChI is InChI=1S/C22H31ClN6.HI/c1-4-25-22(27-14-19(16(2)3)17-7-5-10-24-13-17)28-18-9-12-29(15-18)21-20(23)8-6-11-26-21;/h5-8,10-11,13,16,18-19H,4,9,12,14-15H2,1-3H3,(H2,25,27,28);1H. The van der Waals surface area contributed by atoms with E-state index in [9.17, 15) is 0 Å². The Hall–Kier alpha value is -1.61. The highest BCUT2D eigenvalue weighted by Crippen LogP contribution is 2.26. The molecular formula is C22H32ClIN6. The molecule has 1 aliphatic heterocycles. The maximum Gasteiger partial charge on any atom is 0.191 e. The summed E-state index contributed by atoms with van der Waals surface area (Å²) < 4.78 is 0. The largest absolute Gasteiger partial charge is 0.357 e. The number of nitrogens with zero attached hydrogens (tertiary/aromatic N) is 4. The number of guanidine groups is 1. The summed E-state index contributed by atoms with van der Waals surface area (Å²) in [5.74, 6) is 2.54. The zero-order valence-corrected chi connectivity index (χ0v) is 21.0. The third-order valence-corrected chi connectivity index (χ3v) is 5.57. The lowest BCUT2D eigenvalue weighted by atomic mass is 9.89. The molecule has 164 valence electrons. The van der Waals surface area contributed by atoms with Crippen LogP contribution in [0.25, 0.3) is 0 Å². The van der Waals surface area contributed by atoms with Gasteiger partial charge in [0, 0.05) is 56.7 Å². The number of aliphatic imine (C=N–C) groups is 1. The zero-order valence-electron chi connectivity index (χ0n) is 17.9. The molecule has 1 aliphatic rings. The van der Waals surface area contributed by atoms with Gasteiger partial charge in [0.15, 0.2) is 5.96 Å². The van der Waals surface area contributed by atoms with Crippen molar-refractivity contribution in [1.82, 2.24) is 20.6 Å². The van der Waals surface area contributed by atoms with Crippen LogP contribution >= 0.6 is 35.6 Å². The van der Waals surface area contributed by atoms with Gasteiger partial charge < -0.3 is 15.5 Å². The molecule has 3 rings (SSSR count). The summed E-state index contributed by atoms with van der Waals surface area (Å²) in [5.41, 5.74) is 1.24. The van der Waals surface area contributed by atoms with Gasteiger partial charge in [0.2, 0.25) is 0 Å². The first-order valence-corrected chi connectivity index (χ1v) is 10.8. The van der Waals surface area contributed by atoms with Crippen molar-refractivity contribution >= 4 is 47.4 Å². The Labute approximate surface area is 202 Å². The smallest absolute Gasteiger partial charge is 0.191 e. The van der Waals surface area contributed by atoms with Gasteiger partial charge in [0.25, 0.3) is 0 Å². The van der Waals surface area contributed by atoms with Crippen LogP contribution in [-0.4, -0.2) is 48.1 Å². The summed E-state index contributed by atoms with van der Waals surface area (Å²) >= 11 is 6.31. The highest BCUT2D eigenvalue weighted by molar-refractivity contribution is 14.0. The SMILES string of the molecule is CCNC(=NCC(c1cccnc1)C(C)C)NC1CCN(c2ncccc2Cl)C1.I. The number of hydrogen-bond acceptors (Lipinski definition) is 4. The van der Waals surface area contributed by atoms with Crippen molar-refractivity contribution in [2.75, 3.05) is 31.1 Å². The van der Waals surface area contributed by atoms with Crippen LogP contribution in [0.2, 0.25) is 5.02 Å². The van der Waals surface area contributed by atoms with Crippen molar-refractivity contribution in [1.29, 1.82) is 0 Å². The fourth-order valence-corrected chi connectivity index (χ4v) is 3.92. The van der Waals surface area contributed by atoms with Crippen molar-refractivity contribution in [2.24, 2.45) is 10.9 Å². The molecule has 2 N–H and O–H groups in total. The molecule has 8 heteroatoms. The van der Waals surface area contributed by atoms with Gasteiger partial charge in [0.05, 0.1) is 5.02 Å². The van der Waals surface area contributed by atoms with Gasteiger partial charge in [-0.3, -0.25) is 9.98 Å². The van der Waals surface area contributed by atoms with Gasteiger partial charge in [-0.1, -0.05) is 31.5 Å². The Kier molecular flexibility index (Phi) is 10.1. The van der Waals surface area contributed by atoms with Crippen LogP contribution in [0.3, 0.4) is 0 Å². The van der Waals surface area contributed by atoms with Crippen molar-refractivity contribution in [3.63, 3.8) is 0 Å². The maximum absolute atomic E-state index is 6.31. The minimum Gasteiger partial charge on any atom is -0.357 e. The van der Waals surface area contributed by atoms with Gasteiger partial charge in [-0.2, -0.15) is 0 Å². The van der Waals surface area contributed by atoms with Gasteiger partial charge in [-0.15, -0.1) is 24.0 Å². The molecule has 2 atom stereocenters. The van der Waals surface area contributed by atoms with Crippen LogP contribution in [0.5, 0.6) is 0 Å². The second-order valence-electron chi connectivity index (χ2n) is 7.74. The fraction of sp³-hybridized carbons (Fsp3) is 0.500. The van der Waals surface area contributed by atoms with Crippen molar-refractivity contribution < 1.29 is 0 Å². The van der Waals surface area contributed by atoms with Crippen LogP contribution in [0.15, 0.2) is 47.8 Å². The topological polar surface area (TPSA) is 65.4 Å². The molecule has 2 unspecified atom stereocenters. The summed E-state index contributed by atoms with van der Waals surface area (Å²) in [6.07, 6.45) is 6.58. The Balaban J connectivity index is 0.00000320. The molecule has 0 amide bonds. The van der Waals surface area contributed by atoms with Crippen molar-refractivity contribution in [3.8, 4) is 0 Å². The molecule has 2 aromatic heterocycles. The summed E-state index contributed by atoms with van der Waals surface area (Å²) in [5, 5.41) is 7.68. The number of anilines is 1. The lowest BCUT2D eigenvalue weighted by Crippen LogP contribution is -2.45. The first kappa shape index (κ1) is 24.7. The van der Waals surface area contributed by atoms with E-state index in [0.717, 1.165) is 44.4 Å². The van der Waals surface area contributed by atoms with E-state index in [0.29, 0.717) is 22.9 Å². The Bertz CT molecular complexity index is 801. The predicted octanol–water partition coefficient (Wildman–Crippen LogP) is 4.32. The van der Waals surface area contributed by atoms with Crippen LogP contribution in [0, 0.1) is 5.92 Å². The summed E-state index contributed by atoms with van der Waals surface area (Å²) in [6, 6.07) is 8.19. The molecule has 30 heavy (non-hydrogen) atoms. The van der Waals surface area contributed by atoms with Crippen LogP contribution in [0.4, 0.5) is 5.82 Å². The first-order valence-electron chi connectivity index (χ1n) is 10.4. The average molecular weight is 543 g/mol. The van der Waals surface area contributed by atoms with E-state index >= 15 is 0 Å². The lowest BCUT2D eigenvalue weighted by Gasteiger charge is -2.22. The minimum atomic E-state index is 0. The lowest BCUT2D eigenvalue weighted by molar-refractivity contribution is 0.503. The molecule has 0 spiro atoms. The van der Waals surface area contributed by atoms with Gasteiger partial charge in [-0.25, -0.2) is 4.98 Å². The van der Waals surface area contributed by atoms with Crippen molar-refractivity contribution in [2.45, 2.75) is 39.2 Å². The summed E-state index contributed by atoms with van der Waals surface area (Å²) in [6.45, 7) is 9.90. The summed E-state index contributed by atoms with van der Waals surface area (Å²) in [7, 11) is 0. The maximum atomic E-state index is 6.31. The molecule has 1 fully saturated rings. The first-order chi connectivity index (χ1) is 14.1. The quantitative estimate of drug-likeness (QED) is 0.310. The molecule has 1 saturated heterocycles. The third kappa shape index (κ3) is 6.70. The van der Waals surface area contributed by atoms with Gasteiger partial charge >= 0.3 is 0 Å². The second kappa shape index (κ2) is 12.3. The minimum absolute atomic E-state index is 0. The number of hydrogen-bond donors (Lipinski definition) is 2. The molecule has 0 aliphatic carbocycles. The molecule has 0 radical (unpaired) electrons. The molecule has 2 aromatic rings. The number of nitrogens with one attached hydrogen (secondary N) is 2. The molecular weight excluding hydrogens is 511 g/mol. The summed E-state index contributed by atoms with van der Waals surface area (Å²) in [4.78, 5) is 15.8. The highest BCUT2D eigenvalue weighted by Gasteiger charge is 2.25. The van der Waals surface area contributed by atoms with E-state index < -0.39 is 0 Å². The van der Waals surface area contributed by atoms with Crippen molar-refractivity contribution in [3.05, 3.63) is 53.4 Å². The molecule has 6 nitrogen and oxygen atoms in total. The Morgan fingerprint density at radius 3 is 2.77 bits per heavy atom. The normalized spacial score (nSPS) is 17.6. The molecule has 3 heterocycles. The monoisotopic (exact) mass is 542 g/mol. The average Bonchev–Trinajstić information content (AvgIpc) is 3.17. The van der Waals surface area contributed by atoms with Crippen LogP contribution in [0.1, 0.15) is 38.7 Å². The molecule has 0 bridgehead atoms. The number of rotatable bonds is 7. The van der Waals surface area contributed by atoms with Gasteiger partial charge in [-0.05, 0) is 43.0 Å². The van der Waals surface area contributed by atoms with Crippen LogP contribution < -0.4 is 15.5 Å². The Morgan fingerprint density at radius 2 is 2.10 bits per heavy atom. The van der Waals surface area contributed by atoms with E-state index in [1.807, 2.05) is 30.6 Å². The zero-order chi connectivity index (χ0) is 20.6.